The van der Waals surface area contributed by atoms with Gasteiger partial charge >= 0.3 is 0 Å². The number of aryl methyl sites for hydroxylation is 1. The van der Waals surface area contributed by atoms with Gasteiger partial charge in [0.1, 0.15) is 23.0 Å². The molecule has 0 radical (unpaired) electrons. The van der Waals surface area contributed by atoms with Crippen LogP contribution in [0.1, 0.15) is 24.0 Å². The summed E-state index contributed by atoms with van der Waals surface area (Å²) < 4.78 is 32.5. The van der Waals surface area contributed by atoms with Gasteiger partial charge < -0.3 is 9.52 Å². The lowest BCUT2D eigenvalue weighted by molar-refractivity contribution is 0.244. The molecule has 5 nitrogen and oxygen atoms in total. The van der Waals surface area contributed by atoms with Crippen LogP contribution in [0.25, 0.3) is 0 Å². The summed E-state index contributed by atoms with van der Waals surface area (Å²) in [5.41, 5.74) is 1.06. The first kappa shape index (κ1) is 15.8. The number of rotatable bonds is 6. The van der Waals surface area contributed by atoms with Gasteiger partial charge in [-0.05, 0) is 25.8 Å². The lowest BCUT2D eigenvalue weighted by atomic mass is 10.1. The fourth-order valence-corrected chi connectivity index (χ4v) is 3.65. The van der Waals surface area contributed by atoms with Gasteiger partial charge in [0.05, 0.1) is 0 Å². The van der Waals surface area contributed by atoms with Crippen LogP contribution in [-0.2, 0) is 23.1 Å². The van der Waals surface area contributed by atoms with E-state index in [1.165, 1.54) is 6.07 Å². The van der Waals surface area contributed by atoms with E-state index in [9.17, 15) is 8.42 Å². The molecule has 114 valence electrons. The Hall–Kier alpha value is -1.63. The highest BCUT2D eigenvalue weighted by atomic mass is 32.2. The first-order valence-corrected chi connectivity index (χ1v) is 8.17. The van der Waals surface area contributed by atoms with E-state index in [0.717, 1.165) is 5.56 Å². The van der Waals surface area contributed by atoms with Gasteiger partial charge in [0.2, 0.25) is 10.0 Å². The zero-order valence-corrected chi connectivity index (χ0v) is 12.9. The summed E-state index contributed by atoms with van der Waals surface area (Å²) in [7, 11) is -3.65. The van der Waals surface area contributed by atoms with Crippen molar-refractivity contribution in [3.8, 4) is 0 Å². The molecule has 1 heterocycles. The zero-order chi connectivity index (χ0) is 15.5. The SMILES string of the molecule is Cc1oc(CO)cc1S(=O)(=O)NC(C)Cc1ccccc1. The predicted octanol–water partition coefficient (Wildman–Crippen LogP) is 1.99. The zero-order valence-electron chi connectivity index (χ0n) is 12.0. The molecule has 1 aromatic heterocycles. The molecule has 0 aliphatic heterocycles. The third kappa shape index (κ3) is 3.93. The molecule has 0 spiro atoms. The van der Waals surface area contributed by atoms with Crippen LogP contribution in [0.15, 0.2) is 45.7 Å². The Balaban J connectivity index is 2.11. The molecule has 0 saturated heterocycles. The lowest BCUT2D eigenvalue weighted by Crippen LogP contribution is -2.34. The Labute approximate surface area is 124 Å². The molecular weight excluding hydrogens is 290 g/mol. The Kier molecular flexibility index (Phi) is 4.82. The number of aliphatic hydroxyl groups excluding tert-OH is 1. The maximum atomic E-state index is 12.3. The predicted molar refractivity (Wildman–Crippen MR) is 79.3 cm³/mol. The van der Waals surface area contributed by atoms with Crippen molar-refractivity contribution in [1.82, 2.24) is 4.72 Å². The number of nitrogens with one attached hydrogen (secondary N) is 1. The minimum atomic E-state index is -3.65. The van der Waals surface area contributed by atoms with Gasteiger partial charge in [-0.3, -0.25) is 0 Å². The molecule has 21 heavy (non-hydrogen) atoms. The summed E-state index contributed by atoms with van der Waals surface area (Å²) in [5.74, 6) is 0.516. The number of sulfonamides is 1. The highest BCUT2D eigenvalue weighted by Crippen LogP contribution is 2.20. The van der Waals surface area contributed by atoms with Crippen molar-refractivity contribution in [3.05, 3.63) is 53.5 Å². The molecule has 1 unspecified atom stereocenters. The first-order valence-electron chi connectivity index (χ1n) is 6.69. The van der Waals surface area contributed by atoms with Gasteiger partial charge in [-0.25, -0.2) is 13.1 Å². The summed E-state index contributed by atoms with van der Waals surface area (Å²) in [6, 6.07) is 10.8. The van der Waals surface area contributed by atoms with Gasteiger partial charge in [0, 0.05) is 12.1 Å². The van der Waals surface area contributed by atoms with Crippen molar-refractivity contribution >= 4 is 10.0 Å². The first-order chi connectivity index (χ1) is 9.92. The van der Waals surface area contributed by atoms with Crippen LogP contribution in [0.5, 0.6) is 0 Å². The number of aliphatic hydroxyl groups is 1. The van der Waals surface area contributed by atoms with Crippen molar-refractivity contribution in [3.63, 3.8) is 0 Å². The van der Waals surface area contributed by atoms with Crippen LogP contribution in [0.3, 0.4) is 0 Å². The van der Waals surface area contributed by atoms with Crippen molar-refractivity contribution in [2.75, 3.05) is 0 Å². The molecule has 1 aromatic carbocycles. The second kappa shape index (κ2) is 6.43. The van der Waals surface area contributed by atoms with Crippen molar-refractivity contribution in [1.29, 1.82) is 0 Å². The molecule has 2 aromatic rings. The van der Waals surface area contributed by atoms with E-state index < -0.39 is 10.0 Å². The molecule has 2 rings (SSSR count). The molecule has 0 saturated carbocycles. The van der Waals surface area contributed by atoms with E-state index in [-0.39, 0.29) is 29.1 Å². The third-order valence-electron chi connectivity index (χ3n) is 3.11. The fourth-order valence-electron chi connectivity index (χ4n) is 2.21. The Morgan fingerprint density at radius 3 is 2.52 bits per heavy atom. The van der Waals surface area contributed by atoms with Crippen LogP contribution in [0.2, 0.25) is 0 Å². The van der Waals surface area contributed by atoms with Crippen molar-refractivity contribution in [2.45, 2.75) is 37.8 Å². The Morgan fingerprint density at radius 1 is 1.29 bits per heavy atom. The van der Waals surface area contributed by atoms with Gasteiger partial charge in [0.25, 0.3) is 0 Å². The average molecular weight is 309 g/mol. The second-order valence-corrected chi connectivity index (χ2v) is 6.69. The smallest absolute Gasteiger partial charge is 0.244 e. The van der Waals surface area contributed by atoms with E-state index in [2.05, 4.69) is 4.72 Å². The standard InChI is InChI=1S/C15H19NO4S/c1-11(8-13-6-4-3-5-7-13)16-21(18,19)15-9-14(10-17)20-12(15)2/h3-7,9,11,16-17H,8,10H2,1-2H3. The van der Waals surface area contributed by atoms with Gasteiger partial charge in [-0.2, -0.15) is 0 Å². The molecule has 6 heteroatoms. The normalized spacial score (nSPS) is 13.3. The van der Waals surface area contributed by atoms with E-state index in [1.54, 1.807) is 6.92 Å². The minimum Gasteiger partial charge on any atom is -0.462 e. The highest BCUT2D eigenvalue weighted by molar-refractivity contribution is 7.89. The van der Waals surface area contributed by atoms with E-state index >= 15 is 0 Å². The maximum Gasteiger partial charge on any atom is 0.244 e. The number of benzene rings is 1. The molecule has 0 fully saturated rings. The quantitative estimate of drug-likeness (QED) is 0.855. The lowest BCUT2D eigenvalue weighted by Gasteiger charge is -2.13. The monoisotopic (exact) mass is 309 g/mol. The minimum absolute atomic E-state index is 0.0754. The van der Waals surface area contributed by atoms with Crippen LogP contribution < -0.4 is 4.72 Å². The molecule has 0 bridgehead atoms. The van der Waals surface area contributed by atoms with E-state index in [1.807, 2.05) is 37.3 Å². The third-order valence-corrected chi connectivity index (χ3v) is 4.81. The van der Waals surface area contributed by atoms with Crippen LogP contribution in [0.4, 0.5) is 0 Å². The molecular formula is C15H19NO4S. The number of furan rings is 1. The van der Waals surface area contributed by atoms with Crippen LogP contribution >= 0.6 is 0 Å². The molecule has 1 atom stereocenters. The number of hydrogen-bond acceptors (Lipinski definition) is 4. The van der Waals surface area contributed by atoms with Crippen molar-refractivity contribution < 1.29 is 17.9 Å². The average Bonchev–Trinajstić information content (AvgIpc) is 2.81. The summed E-state index contributed by atoms with van der Waals surface area (Å²) in [5, 5.41) is 9.01. The van der Waals surface area contributed by atoms with Gasteiger partial charge in [-0.15, -0.1) is 0 Å². The highest BCUT2D eigenvalue weighted by Gasteiger charge is 2.23. The van der Waals surface area contributed by atoms with Crippen molar-refractivity contribution in [2.24, 2.45) is 0 Å². The summed E-state index contributed by atoms with van der Waals surface area (Å²) in [6.07, 6.45) is 0.601. The van der Waals surface area contributed by atoms with E-state index in [0.29, 0.717) is 6.42 Å². The molecule has 0 aliphatic carbocycles. The number of hydrogen-bond donors (Lipinski definition) is 2. The van der Waals surface area contributed by atoms with Gasteiger partial charge in [0.15, 0.2) is 0 Å². The van der Waals surface area contributed by atoms with E-state index in [4.69, 9.17) is 9.52 Å². The largest absolute Gasteiger partial charge is 0.462 e. The molecule has 2 N–H and O–H groups in total. The Morgan fingerprint density at radius 2 is 1.95 bits per heavy atom. The summed E-state index contributed by atoms with van der Waals surface area (Å²) in [4.78, 5) is 0.0754. The fraction of sp³-hybridized carbons (Fsp3) is 0.333. The van der Waals surface area contributed by atoms with Crippen LogP contribution in [0, 0.1) is 6.92 Å². The second-order valence-electron chi connectivity index (χ2n) is 5.00. The molecule has 0 amide bonds. The maximum absolute atomic E-state index is 12.3. The Bertz CT molecular complexity index is 692. The summed E-state index contributed by atoms with van der Waals surface area (Å²) >= 11 is 0. The molecule has 0 aliphatic rings. The summed E-state index contributed by atoms with van der Waals surface area (Å²) in [6.45, 7) is 3.05. The van der Waals surface area contributed by atoms with Gasteiger partial charge in [-0.1, -0.05) is 30.3 Å². The topological polar surface area (TPSA) is 79.5 Å². The van der Waals surface area contributed by atoms with Crippen LogP contribution in [-0.4, -0.2) is 19.6 Å².